The summed E-state index contributed by atoms with van der Waals surface area (Å²) >= 11 is 0. The number of aliphatic carboxylic acids is 1. The van der Waals surface area contributed by atoms with Crippen molar-refractivity contribution in [2.75, 3.05) is 26.4 Å². The molecule has 0 radical (unpaired) electrons. The molecule has 0 aliphatic carbocycles. The fraction of sp³-hybridized carbons (Fsp3) is 0.450. The van der Waals surface area contributed by atoms with E-state index < -0.39 is 12.1 Å². The highest BCUT2D eigenvalue weighted by Crippen LogP contribution is 2.33. The molecule has 0 bridgehead atoms. The Morgan fingerprint density at radius 1 is 1.19 bits per heavy atom. The molecular formula is C20H21F3N4O5. The number of aromatic nitrogens is 2. The Hall–Kier alpha value is -3.28. The van der Waals surface area contributed by atoms with Crippen LogP contribution in [0.1, 0.15) is 23.7 Å². The maximum Gasteiger partial charge on any atom is 0.490 e. The number of likely N-dealkylation sites (tertiary alicyclic amines) is 1. The van der Waals surface area contributed by atoms with Crippen molar-refractivity contribution >= 4 is 11.9 Å². The molecule has 0 saturated carbocycles. The second-order valence-electron chi connectivity index (χ2n) is 7.65. The third kappa shape index (κ3) is 4.64. The van der Waals surface area contributed by atoms with Crippen molar-refractivity contribution in [2.24, 2.45) is 0 Å². The number of carbonyl (C=O) groups is 2. The first-order chi connectivity index (χ1) is 15.2. The average molecular weight is 454 g/mol. The maximum atomic E-state index is 12.8. The van der Waals surface area contributed by atoms with Crippen molar-refractivity contribution < 1.29 is 37.3 Å². The predicted octanol–water partition coefficient (Wildman–Crippen LogP) is 2.03. The summed E-state index contributed by atoms with van der Waals surface area (Å²) in [7, 11) is 0. The average Bonchev–Trinajstić information content (AvgIpc) is 3.34. The first kappa shape index (κ1) is 21.9. The summed E-state index contributed by atoms with van der Waals surface area (Å²) in [6, 6.07) is 5.86. The molecule has 1 aromatic carbocycles. The minimum absolute atomic E-state index is 0.180. The maximum absolute atomic E-state index is 12.8. The standard InChI is InChI=1S/C18H20N4O3.C2HF3O2/c23-18(21-4-1-5-21)15-10-20(9-14-7-19-11-22(14)15)8-13-2-3-16-17(6-13)25-12-24-16;3-2(4,5)1(6)7/h2-3,6-7,11,15H,1,4-5,8-10,12H2;(H,6,7). The highest BCUT2D eigenvalue weighted by molar-refractivity contribution is 5.81. The first-order valence-electron chi connectivity index (χ1n) is 9.93. The lowest BCUT2D eigenvalue weighted by Gasteiger charge is -2.39. The minimum Gasteiger partial charge on any atom is -0.475 e. The van der Waals surface area contributed by atoms with Crippen LogP contribution in [0.5, 0.6) is 11.5 Å². The molecule has 2 aromatic rings. The van der Waals surface area contributed by atoms with E-state index in [1.807, 2.05) is 27.8 Å². The second-order valence-corrected chi connectivity index (χ2v) is 7.65. The van der Waals surface area contributed by atoms with E-state index in [4.69, 9.17) is 19.4 Å². The van der Waals surface area contributed by atoms with E-state index in [1.54, 1.807) is 6.33 Å². The summed E-state index contributed by atoms with van der Waals surface area (Å²) in [5.74, 6) is -0.951. The molecule has 32 heavy (non-hydrogen) atoms. The van der Waals surface area contributed by atoms with Gasteiger partial charge in [-0.1, -0.05) is 6.07 Å². The molecule has 4 heterocycles. The molecule has 1 amide bonds. The van der Waals surface area contributed by atoms with Gasteiger partial charge in [-0.2, -0.15) is 13.2 Å². The molecule has 172 valence electrons. The first-order valence-corrected chi connectivity index (χ1v) is 9.93. The van der Waals surface area contributed by atoms with Crippen LogP contribution in [0, 0.1) is 0 Å². The van der Waals surface area contributed by atoms with Crippen LogP contribution >= 0.6 is 0 Å². The van der Waals surface area contributed by atoms with Gasteiger partial charge in [0.1, 0.15) is 6.04 Å². The van der Waals surface area contributed by atoms with Gasteiger partial charge in [-0.25, -0.2) is 9.78 Å². The monoisotopic (exact) mass is 454 g/mol. The number of rotatable bonds is 3. The number of benzene rings is 1. The van der Waals surface area contributed by atoms with Crippen molar-refractivity contribution in [3.05, 3.63) is 42.0 Å². The lowest BCUT2D eigenvalue weighted by atomic mass is 10.1. The molecule has 3 aliphatic rings. The molecule has 1 unspecified atom stereocenters. The number of carboxylic acid groups (broad SMARTS) is 1. The zero-order valence-electron chi connectivity index (χ0n) is 16.9. The van der Waals surface area contributed by atoms with Crippen LogP contribution in [0.15, 0.2) is 30.7 Å². The third-order valence-corrected chi connectivity index (χ3v) is 5.44. The quantitative estimate of drug-likeness (QED) is 0.758. The molecule has 0 spiro atoms. The lowest BCUT2D eigenvalue weighted by Crippen LogP contribution is -2.50. The summed E-state index contributed by atoms with van der Waals surface area (Å²) in [6.45, 7) is 4.30. The molecule has 1 fully saturated rings. The SMILES string of the molecule is O=C(C1CN(Cc2ccc3c(c2)OCO3)Cc2cncn21)N1CCC1.O=C(O)C(F)(F)F. The Morgan fingerprint density at radius 3 is 2.56 bits per heavy atom. The number of imidazole rings is 1. The van der Waals surface area contributed by atoms with E-state index in [9.17, 15) is 18.0 Å². The van der Waals surface area contributed by atoms with Crippen molar-refractivity contribution in [3.63, 3.8) is 0 Å². The third-order valence-electron chi connectivity index (χ3n) is 5.44. The fourth-order valence-electron chi connectivity index (χ4n) is 3.72. The summed E-state index contributed by atoms with van der Waals surface area (Å²) in [5.41, 5.74) is 2.25. The molecule has 12 heteroatoms. The van der Waals surface area contributed by atoms with E-state index in [0.29, 0.717) is 6.54 Å². The number of carboxylic acids is 1. The molecule has 1 N–H and O–H groups in total. The fourth-order valence-corrected chi connectivity index (χ4v) is 3.72. The molecular weight excluding hydrogens is 433 g/mol. The molecule has 1 atom stereocenters. The van der Waals surface area contributed by atoms with Gasteiger partial charge >= 0.3 is 12.1 Å². The Bertz CT molecular complexity index is 1010. The van der Waals surface area contributed by atoms with Gasteiger partial charge in [-0.3, -0.25) is 9.69 Å². The zero-order valence-corrected chi connectivity index (χ0v) is 16.9. The second kappa shape index (κ2) is 8.69. The number of halogens is 3. The smallest absolute Gasteiger partial charge is 0.475 e. The number of nitrogens with zero attached hydrogens (tertiary/aromatic N) is 4. The van der Waals surface area contributed by atoms with E-state index >= 15 is 0 Å². The van der Waals surface area contributed by atoms with Gasteiger partial charge in [0.15, 0.2) is 11.5 Å². The molecule has 1 saturated heterocycles. The van der Waals surface area contributed by atoms with E-state index in [1.165, 1.54) is 0 Å². The van der Waals surface area contributed by atoms with Gasteiger partial charge in [0.05, 0.1) is 12.0 Å². The summed E-state index contributed by atoms with van der Waals surface area (Å²) in [6.07, 6.45) is -0.325. The Labute approximate surface area is 180 Å². The Kier molecular flexibility index (Phi) is 5.96. The molecule has 1 aromatic heterocycles. The van der Waals surface area contributed by atoms with Gasteiger partial charge in [0.25, 0.3) is 0 Å². The lowest BCUT2D eigenvalue weighted by molar-refractivity contribution is -0.192. The van der Waals surface area contributed by atoms with Crippen LogP contribution in [0.3, 0.4) is 0 Å². The number of fused-ring (bicyclic) bond motifs is 2. The summed E-state index contributed by atoms with van der Waals surface area (Å²) in [5, 5.41) is 7.12. The summed E-state index contributed by atoms with van der Waals surface area (Å²) in [4.78, 5) is 30.2. The normalized spacial score (nSPS) is 19.5. The number of carbonyl (C=O) groups excluding carboxylic acids is 1. The van der Waals surface area contributed by atoms with Crippen LogP contribution in [0.2, 0.25) is 0 Å². The predicted molar refractivity (Wildman–Crippen MR) is 103 cm³/mol. The largest absolute Gasteiger partial charge is 0.490 e. The van der Waals surface area contributed by atoms with Gasteiger partial charge < -0.3 is 24.0 Å². The number of hydrogen-bond donors (Lipinski definition) is 1. The number of alkyl halides is 3. The highest BCUT2D eigenvalue weighted by Gasteiger charge is 2.38. The van der Waals surface area contributed by atoms with Crippen molar-refractivity contribution in [3.8, 4) is 11.5 Å². The Morgan fingerprint density at radius 2 is 1.91 bits per heavy atom. The van der Waals surface area contributed by atoms with Crippen LogP contribution in [-0.4, -0.2) is 68.9 Å². The van der Waals surface area contributed by atoms with Gasteiger partial charge in [-0.05, 0) is 24.1 Å². The zero-order chi connectivity index (χ0) is 22.9. The van der Waals surface area contributed by atoms with Crippen molar-refractivity contribution in [2.45, 2.75) is 31.7 Å². The van der Waals surface area contributed by atoms with Crippen LogP contribution in [-0.2, 0) is 22.7 Å². The van der Waals surface area contributed by atoms with Crippen LogP contribution in [0.4, 0.5) is 13.2 Å². The Balaban J connectivity index is 0.000000307. The summed E-state index contributed by atoms with van der Waals surface area (Å²) < 4.78 is 44.6. The van der Waals surface area contributed by atoms with E-state index in [-0.39, 0.29) is 18.7 Å². The van der Waals surface area contributed by atoms with Gasteiger partial charge in [0.2, 0.25) is 12.7 Å². The number of hydrogen-bond acceptors (Lipinski definition) is 6. The minimum atomic E-state index is -5.08. The van der Waals surface area contributed by atoms with Crippen LogP contribution < -0.4 is 9.47 Å². The number of amides is 1. The van der Waals surface area contributed by atoms with Crippen molar-refractivity contribution in [1.29, 1.82) is 0 Å². The highest BCUT2D eigenvalue weighted by atomic mass is 19.4. The van der Waals surface area contributed by atoms with E-state index in [2.05, 4.69) is 16.0 Å². The molecule has 3 aliphatic heterocycles. The van der Waals surface area contributed by atoms with Gasteiger partial charge in [-0.15, -0.1) is 0 Å². The topological polar surface area (TPSA) is 97.1 Å². The van der Waals surface area contributed by atoms with E-state index in [0.717, 1.165) is 55.4 Å². The van der Waals surface area contributed by atoms with Crippen molar-refractivity contribution in [1.82, 2.24) is 19.4 Å². The number of ether oxygens (including phenoxy) is 2. The molecule has 5 rings (SSSR count). The molecule has 9 nitrogen and oxygen atoms in total. The van der Waals surface area contributed by atoms with Crippen LogP contribution in [0.25, 0.3) is 0 Å². The van der Waals surface area contributed by atoms with Gasteiger partial charge in [0, 0.05) is 38.9 Å².